The molecule has 0 spiro atoms. The molecule has 0 aromatic carbocycles. The van der Waals surface area contributed by atoms with Gasteiger partial charge in [-0.3, -0.25) is 0 Å². The fraction of sp³-hybridized carbons (Fsp3) is 0.818. The van der Waals surface area contributed by atoms with E-state index in [1.54, 1.807) is 0 Å². The van der Waals surface area contributed by atoms with Crippen molar-refractivity contribution in [1.82, 2.24) is 5.32 Å². The van der Waals surface area contributed by atoms with Crippen LogP contribution < -0.4 is 5.32 Å². The lowest BCUT2D eigenvalue weighted by molar-refractivity contribution is 0.137. The average molecular weight is 185 g/mol. The van der Waals surface area contributed by atoms with Gasteiger partial charge in [0.25, 0.3) is 0 Å². The Bertz CT molecular complexity index is 123. The Morgan fingerprint density at radius 3 is 2.54 bits per heavy atom. The van der Waals surface area contributed by atoms with Gasteiger partial charge in [-0.25, -0.2) is 0 Å². The fourth-order valence-corrected chi connectivity index (χ4v) is 0.863. The molecule has 0 aliphatic heterocycles. The van der Waals surface area contributed by atoms with Crippen molar-refractivity contribution in [1.29, 1.82) is 0 Å². The summed E-state index contributed by atoms with van der Waals surface area (Å²) in [5.74, 6) is 0.688. The Labute approximate surface area is 82.4 Å². The third-order valence-corrected chi connectivity index (χ3v) is 2.18. The van der Waals surface area contributed by atoms with Gasteiger partial charge in [-0.15, -0.1) is 6.58 Å². The second-order valence-electron chi connectivity index (χ2n) is 3.68. The van der Waals surface area contributed by atoms with E-state index in [1.165, 1.54) is 0 Å². The molecule has 0 radical (unpaired) electrons. The largest absolute Gasteiger partial charge is 0.380 e. The van der Waals surface area contributed by atoms with Gasteiger partial charge >= 0.3 is 0 Å². The van der Waals surface area contributed by atoms with Gasteiger partial charge in [-0.05, 0) is 19.3 Å². The Morgan fingerprint density at radius 1 is 1.31 bits per heavy atom. The van der Waals surface area contributed by atoms with Gasteiger partial charge in [0, 0.05) is 12.6 Å². The molecule has 0 aliphatic carbocycles. The number of hydrogen-bond acceptors (Lipinski definition) is 2. The van der Waals surface area contributed by atoms with Crippen molar-refractivity contribution in [2.24, 2.45) is 5.92 Å². The van der Waals surface area contributed by atoms with Crippen LogP contribution in [0.5, 0.6) is 0 Å². The molecule has 0 fully saturated rings. The quantitative estimate of drug-likeness (QED) is 0.462. The zero-order valence-electron chi connectivity index (χ0n) is 9.18. The van der Waals surface area contributed by atoms with E-state index in [-0.39, 0.29) is 0 Å². The Morgan fingerprint density at radius 2 is 2.00 bits per heavy atom. The topological polar surface area (TPSA) is 21.3 Å². The summed E-state index contributed by atoms with van der Waals surface area (Å²) in [4.78, 5) is 0. The van der Waals surface area contributed by atoms with Crippen molar-refractivity contribution in [3.8, 4) is 0 Å². The molecular weight excluding hydrogens is 162 g/mol. The van der Waals surface area contributed by atoms with Crippen LogP contribution >= 0.6 is 0 Å². The maximum Gasteiger partial charge on any atom is 0.0591 e. The number of hydrogen-bond donors (Lipinski definition) is 1. The molecule has 2 heteroatoms. The highest BCUT2D eigenvalue weighted by atomic mass is 16.5. The molecule has 0 saturated heterocycles. The SMILES string of the molecule is C=CCCOCCNC(C)C(C)C. The van der Waals surface area contributed by atoms with Crippen LogP contribution in [0.1, 0.15) is 27.2 Å². The van der Waals surface area contributed by atoms with Crippen LogP contribution in [0.25, 0.3) is 0 Å². The van der Waals surface area contributed by atoms with E-state index < -0.39 is 0 Å². The van der Waals surface area contributed by atoms with Gasteiger partial charge in [0.05, 0.1) is 13.2 Å². The summed E-state index contributed by atoms with van der Waals surface area (Å²) in [5.41, 5.74) is 0. The first kappa shape index (κ1) is 12.7. The first-order valence-electron chi connectivity index (χ1n) is 5.10. The summed E-state index contributed by atoms with van der Waals surface area (Å²) in [5, 5.41) is 3.41. The van der Waals surface area contributed by atoms with Gasteiger partial charge < -0.3 is 10.1 Å². The molecule has 0 aliphatic rings. The summed E-state index contributed by atoms with van der Waals surface area (Å²) in [7, 11) is 0. The molecular formula is C11H23NO. The monoisotopic (exact) mass is 185 g/mol. The highest BCUT2D eigenvalue weighted by Gasteiger charge is 2.04. The van der Waals surface area contributed by atoms with E-state index in [0.717, 1.165) is 26.2 Å². The minimum absolute atomic E-state index is 0.572. The first-order valence-corrected chi connectivity index (χ1v) is 5.10. The molecule has 0 saturated carbocycles. The molecule has 1 unspecified atom stereocenters. The van der Waals surface area contributed by atoms with Crippen LogP contribution in [0.2, 0.25) is 0 Å². The summed E-state index contributed by atoms with van der Waals surface area (Å²) in [6, 6.07) is 0.572. The third kappa shape index (κ3) is 8.00. The lowest BCUT2D eigenvalue weighted by atomic mass is 10.1. The van der Waals surface area contributed by atoms with Crippen LogP contribution in [-0.4, -0.2) is 25.8 Å². The predicted octanol–water partition coefficient (Wildman–Crippen LogP) is 2.21. The number of ether oxygens (including phenoxy) is 1. The highest BCUT2D eigenvalue weighted by Crippen LogP contribution is 1.98. The van der Waals surface area contributed by atoms with Gasteiger partial charge in [-0.1, -0.05) is 19.9 Å². The molecule has 13 heavy (non-hydrogen) atoms. The van der Waals surface area contributed by atoms with Crippen LogP contribution in [-0.2, 0) is 4.74 Å². The number of nitrogens with one attached hydrogen (secondary N) is 1. The van der Waals surface area contributed by atoms with Crippen molar-refractivity contribution in [2.45, 2.75) is 33.2 Å². The van der Waals surface area contributed by atoms with Crippen LogP contribution in [0.15, 0.2) is 12.7 Å². The maximum absolute atomic E-state index is 5.37. The van der Waals surface area contributed by atoms with Crippen LogP contribution in [0.3, 0.4) is 0 Å². The average Bonchev–Trinajstić information content (AvgIpc) is 2.10. The summed E-state index contributed by atoms with van der Waals surface area (Å²) in [6.45, 7) is 12.8. The zero-order chi connectivity index (χ0) is 10.1. The highest BCUT2D eigenvalue weighted by molar-refractivity contribution is 4.65. The zero-order valence-corrected chi connectivity index (χ0v) is 9.18. The van der Waals surface area contributed by atoms with Gasteiger partial charge in [0.1, 0.15) is 0 Å². The molecule has 1 N–H and O–H groups in total. The minimum atomic E-state index is 0.572. The Balaban J connectivity index is 3.11. The molecule has 0 bridgehead atoms. The van der Waals surface area contributed by atoms with Crippen molar-refractivity contribution >= 4 is 0 Å². The fourth-order valence-electron chi connectivity index (χ4n) is 0.863. The molecule has 2 nitrogen and oxygen atoms in total. The summed E-state index contributed by atoms with van der Waals surface area (Å²) < 4.78 is 5.37. The maximum atomic E-state index is 5.37. The van der Waals surface area contributed by atoms with Gasteiger partial charge in [0.2, 0.25) is 0 Å². The second-order valence-corrected chi connectivity index (χ2v) is 3.68. The molecule has 0 rings (SSSR count). The van der Waals surface area contributed by atoms with E-state index in [4.69, 9.17) is 4.74 Å². The van der Waals surface area contributed by atoms with E-state index >= 15 is 0 Å². The van der Waals surface area contributed by atoms with Crippen molar-refractivity contribution < 1.29 is 4.74 Å². The summed E-state index contributed by atoms with van der Waals surface area (Å²) >= 11 is 0. The summed E-state index contributed by atoms with van der Waals surface area (Å²) in [6.07, 6.45) is 2.82. The molecule has 78 valence electrons. The van der Waals surface area contributed by atoms with E-state index in [9.17, 15) is 0 Å². The molecule has 0 heterocycles. The first-order chi connectivity index (χ1) is 6.18. The lowest BCUT2D eigenvalue weighted by Gasteiger charge is -2.17. The van der Waals surface area contributed by atoms with E-state index in [2.05, 4.69) is 32.7 Å². The lowest BCUT2D eigenvalue weighted by Crippen LogP contribution is -2.33. The van der Waals surface area contributed by atoms with E-state index in [0.29, 0.717) is 12.0 Å². The molecule has 0 amide bonds. The Hall–Kier alpha value is -0.340. The Kier molecular flexibility index (Phi) is 8.05. The van der Waals surface area contributed by atoms with E-state index in [1.807, 2.05) is 6.08 Å². The molecule has 1 atom stereocenters. The van der Waals surface area contributed by atoms with Crippen LogP contribution in [0, 0.1) is 5.92 Å². The number of rotatable bonds is 8. The van der Waals surface area contributed by atoms with Crippen molar-refractivity contribution in [3.05, 3.63) is 12.7 Å². The van der Waals surface area contributed by atoms with Crippen molar-refractivity contribution in [3.63, 3.8) is 0 Å². The standard InChI is InChI=1S/C11H23NO/c1-5-6-8-13-9-7-12-11(4)10(2)3/h5,10-12H,1,6-9H2,2-4H3. The normalized spacial score (nSPS) is 13.2. The van der Waals surface area contributed by atoms with Crippen LogP contribution in [0.4, 0.5) is 0 Å². The predicted molar refractivity (Wildman–Crippen MR) is 57.9 cm³/mol. The molecule has 0 aromatic heterocycles. The van der Waals surface area contributed by atoms with Gasteiger partial charge in [-0.2, -0.15) is 0 Å². The second kappa shape index (κ2) is 8.27. The van der Waals surface area contributed by atoms with Gasteiger partial charge in [0.15, 0.2) is 0 Å². The molecule has 0 aromatic rings. The van der Waals surface area contributed by atoms with Crippen molar-refractivity contribution in [2.75, 3.05) is 19.8 Å². The smallest absolute Gasteiger partial charge is 0.0591 e. The minimum Gasteiger partial charge on any atom is -0.380 e. The third-order valence-electron chi connectivity index (χ3n) is 2.18.